The maximum Gasteiger partial charge on any atom is 0.264 e. The van der Waals surface area contributed by atoms with Crippen LogP contribution >= 0.6 is 0 Å². The van der Waals surface area contributed by atoms with Gasteiger partial charge >= 0.3 is 0 Å². The Labute approximate surface area is 245 Å². The minimum absolute atomic E-state index is 0.0508. The second-order valence-corrected chi connectivity index (χ2v) is 11.5. The quantitative estimate of drug-likeness (QED) is 0.229. The number of rotatable bonds is 13. The number of hydrogen-bond donors (Lipinski definition) is 2. The SMILES string of the molecule is COc1cccc(N(CC(=O)N/N=C\c2ccc(OCC(=O)NC[C@@H]3CCCO3)cc2)S(=O)(=O)c2ccc(C)cc2)c1. The van der Waals surface area contributed by atoms with Gasteiger partial charge in [-0.05, 0) is 73.9 Å². The number of aryl methyl sites for hydroxylation is 1. The van der Waals surface area contributed by atoms with Gasteiger partial charge in [0.2, 0.25) is 0 Å². The lowest BCUT2D eigenvalue weighted by Gasteiger charge is -2.24. The molecule has 2 amide bonds. The minimum Gasteiger partial charge on any atom is -0.497 e. The van der Waals surface area contributed by atoms with Gasteiger partial charge < -0.3 is 19.5 Å². The number of sulfonamides is 1. The van der Waals surface area contributed by atoms with Crippen LogP contribution in [0.15, 0.2) is 82.8 Å². The van der Waals surface area contributed by atoms with Crippen molar-refractivity contribution in [2.75, 3.05) is 37.7 Å². The second-order valence-electron chi connectivity index (χ2n) is 9.62. The number of carbonyl (C=O) groups is 2. The first-order valence-electron chi connectivity index (χ1n) is 13.4. The van der Waals surface area contributed by atoms with Crippen molar-refractivity contribution in [2.24, 2.45) is 5.10 Å². The minimum atomic E-state index is -4.08. The summed E-state index contributed by atoms with van der Waals surface area (Å²) in [6.45, 7) is 2.43. The predicted octanol–water partition coefficient (Wildman–Crippen LogP) is 3.02. The molecule has 0 saturated carbocycles. The molecule has 2 N–H and O–H groups in total. The molecule has 0 bridgehead atoms. The summed E-state index contributed by atoms with van der Waals surface area (Å²) in [5.41, 5.74) is 4.21. The van der Waals surface area contributed by atoms with E-state index in [-0.39, 0.29) is 29.2 Å². The van der Waals surface area contributed by atoms with Crippen LogP contribution in [0.3, 0.4) is 0 Å². The summed E-state index contributed by atoms with van der Waals surface area (Å²) in [5.74, 6) is 0.0745. The van der Waals surface area contributed by atoms with Crippen molar-refractivity contribution in [1.29, 1.82) is 0 Å². The average Bonchev–Trinajstić information content (AvgIpc) is 3.52. The van der Waals surface area contributed by atoms with E-state index in [1.54, 1.807) is 60.7 Å². The van der Waals surface area contributed by atoms with E-state index in [2.05, 4.69) is 15.8 Å². The lowest BCUT2D eigenvalue weighted by Crippen LogP contribution is -2.39. The van der Waals surface area contributed by atoms with Gasteiger partial charge in [0, 0.05) is 19.2 Å². The molecule has 1 aliphatic rings. The molecule has 0 aromatic heterocycles. The molecule has 0 radical (unpaired) electrons. The summed E-state index contributed by atoms with van der Waals surface area (Å²) in [7, 11) is -2.60. The third-order valence-corrected chi connectivity index (χ3v) is 8.23. The first-order chi connectivity index (χ1) is 20.2. The van der Waals surface area contributed by atoms with Gasteiger partial charge in [-0.3, -0.25) is 13.9 Å². The zero-order chi connectivity index (χ0) is 30.0. The molecule has 1 heterocycles. The third-order valence-electron chi connectivity index (χ3n) is 6.44. The van der Waals surface area contributed by atoms with Crippen molar-refractivity contribution < 1.29 is 32.2 Å². The van der Waals surface area contributed by atoms with Crippen LogP contribution in [0.25, 0.3) is 0 Å². The number of benzene rings is 3. The molecule has 4 rings (SSSR count). The van der Waals surface area contributed by atoms with Crippen molar-refractivity contribution in [1.82, 2.24) is 10.7 Å². The normalized spacial score (nSPS) is 14.9. The highest BCUT2D eigenvalue weighted by Gasteiger charge is 2.27. The molecule has 1 atom stereocenters. The van der Waals surface area contributed by atoms with Gasteiger partial charge in [-0.2, -0.15) is 5.10 Å². The van der Waals surface area contributed by atoms with E-state index in [0.29, 0.717) is 23.6 Å². The van der Waals surface area contributed by atoms with Crippen LogP contribution in [0, 0.1) is 6.92 Å². The van der Waals surface area contributed by atoms with E-state index in [9.17, 15) is 18.0 Å². The maximum atomic E-state index is 13.5. The molecule has 0 aliphatic carbocycles. The van der Waals surface area contributed by atoms with Gasteiger partial charge in [0.25, 0.3) is 21.8 Å². The van der Waals surface area contributed by atoms with Crippen LogP contribution in [0.5, 0.6) is 11.5 Å². The molecule has 3 aromatic rings. The zero-order valence-corrected chi connectivity index (χ0v) is 24.3. The van der Waals surface area contributed by atoms with Gasteiger partial charge in [-0.15, -0.1) is 0 Å². The highest BCUT2D eigenvalue weighted by atomic mass is 32.2. The van der Waals surface area contributed by atoms with Crippen LogP contribution in [-0.4, -0.2) is 66.0 Å². The molecule has 1 aliphatic heterocycles. The van der Waals surface area contributed by atoms with Crippen LogP contribution in [0.1, 0.15) is 24.0 Å². The Morgan fingerprint density at radius 2 is 1.81 bits per heavy atom. The predicted molar refractivity (Wildman–Crippen MR) is 158 cm³/mol. The topological polar surface area (TPSA) is 136 Å². The largest absolute Gasteiger partial charge is 0.497 e. The molecule has 0 spiro atoms. The fourth-order valence-corrected chi connectivity index (χ4v) is 5.56. The van der Waals surface area contributed by atoms with Crippen LogP contribution in [0.4, 0.5) is 5.69 Å². The van der Waals surface area contributed by atoms with Crippen molar-refractivity contribution in [3.63, 3.8) is 0 Å². The molecule has 0 unspecified atom stereocenters. The Morgan fingerprint density at radius 3 is 2.50 bits per heavy atom. The Balaban J connectivity index is 1.34. The summed E-state index contributed by atoms with van der Waals surface area (Å²) in [4.78, 5) is 24.9. The standard InChI is InChI=1S/C30H34N4O7S/c1-22-8-14-28(15-9-22)42(37,38)34(24-5-3-6-26(17-24)39-2)20-29(35)33-32-18-23-10-12-25(13-11-23)41-21-30(36)31-19-27-7-4-16-40-27/h3,5-6,8-15,17-18,27H,4,7,16,19-21H2,1-2H3,(H,31,36)(H,33,35)/b32-18-/t27-/m0/s1. The lowest BCUT2D eigenvalue weighted by molar-refractivity contribution is -0.123. The fourth-order valence-electron chi connectivity index (χ4n) is 4.15. The molecular weight excluding hydrogens is 560 g/mol. The number of methoxy groups -OCH3 is 1. The van der Waals surface area contributed by atoms with Gasteiger partial charge in [0.15, 0.2) is 6.61 Å². The zero-order valence-electron chi connectivity index (χ0n) is 23.5. The Hall–Kier alpha value is -4.42. The summed E-state index contributed by atoms with van der Waals surface area (Å²) in [5, 5.41) is 6.76. The van der Waals surface area contributed by atoms with Gasteiger partial charge in [-0.25, -0.2) is 13.8 Å². The third kappa shape index (κ3) is 8.54. The first kappa shape index (κ1) is 30.5. The molecule has 1 fully saturated rings. The van der Waals surface area contributed by atoms with E-state index >= 15 is 0 Å². The van der Waals surface area contributed by atoms with Crippen molar-refractivity contribution in [3.8, 4) is 11.5 Å². The van der Waals surface area contributed by atoms with E-state index in [0.717, 1.165) is 29.3 Å². The van der Waals surface area contributed by atoms with E-state index in [1.165, 1.54) is 25.5 Å². The molecule has 12 heteroatoms. The smallest absolute Gasteiger partial charge is 0.264 e. The van der Waals surface area contributed by atoms with Crippen LogP contribution < -0.4 is 24.5 Å². The van der Waals surface area contributed by atoms with E-state index < -0.39 is 22.5 Å². The monoisotopic (exact) mass is 594 g/mol. The first-order valence-corrected chi connectivity index (χ1v) is 14.8. The molecular formula is C30H34N4O7S. The van der Waals surface area contributed by atoms with Crippen LogP contribution in [-0.2, 0) is 24.3 Å². The lowest BCUT2D eigenvalue weighted by atomic mass is 10.2. The number of hydrogen-bond acceptors (Lipinski definition) is 8. The number of hydrazone groups is 1. The number of ether oxygens (including phenoxy) is 3. The summed E-state index contributed by atoms with van der Waals surface area (Å²) in [6.07, 6.45) is 3.43. The number of carbonyl (C=O) groups excluding carboxylic acids is 2. The number of nitrogens with zero attached hydrogens (tertiary/aromatic N) is 2. The Kier molecular flexibility index (Phi) is 10.5. The Bertz CT molecular complexity index is 1490. The highest BCUT2D eigenvalue weighted by Crippen LogP contribution is 2.27. The van der Waals surface area contributed by atoms with E-state index in [1.807, 2.05) is 6.92 Å². The van der Waals surface area contributed by atoms with Gasteiger partial charge in [-0.1, -0.05) is 23.8 Å². The maximum absolute atomic E-state index is 13.5. The summed E-state index contributed by atoms with van der Waals surface area (Å²) >= 11 is 0. The molecule has 42 heavy (non-hydrogen) atoms. The fraction of sp³-hybridized carbons (Fsp3) is 0.300. The number of anilines is 1. The number of nitrogens with one attached hydrogen (secondary N) is 2. The summed E-state index contributed by atoms with van der Waals surface area (Å²) in [6, 6.07) is 19.6. The van der Waals surface area contributed by atoms with Gasteiger partial charge in [0.1, 0.15) is 18.0 Å². The molecule has 11 nitrogen and oxygen atoms in total. The second kappa shape index (κ2) is 14.5. The highest BCUT2D eigenvalue weighted by molar-refractivity contribution is 7.92. The molecule has 222 valence electrons. The number of amides is 2. The van der Waals surface area contributed by atoms with E-state index in [4.69, 9.17) is 14.2 Å². The van der Waals surface area contributed by atoms with Crippen molar-refractivity contribution in [3.05, 3.63) is 83.9 Å². The van der Waals surface area contributed by atoms with Gasteiger partial charge in [0.05, 0.1) is 30.0 Å². The van der Waals surface area contributed by atoms with Crippen molar-refractivity contribution in [2.45, 2.75) is 30.8 Å². The Morgan fingerprint density at radius 1 is 1.05 bits per heavy atom. The molecule has 1 saturated heterocycles. The average molecular weight is 595 g/mol. The molecule has 3 aromatic carbocycles. The summed E-state index contributed by atoms with van der Waals surface area (Å²) < 4.78 is 44.3. The van der Waals surface area contributed by atoms with Crippen molar-refractivity contribution >= 4 is 33.7 Å². The van der Waals surface area contributed by atoms with Crippen LogP contribution in [0.2, 0.25) is 0 Å².